The van der Waals surface area contributed by atoms with Crippen LogP contribution in [0.5, 0.6) is 0 Å². The fraction of sp³-hybridized carbons (Fsp3) is 0.412. The zero-order valence-corrected chi connectivity index (χ0v) is 14.1. The lowest BCUT2D eigenvalue weighted by Crippen LogP contribution is -1.89. The molecule has 0 N–H and O–H groups in total. The van der Waals surface area contributed by atoms with E-state index in [-0.39, 0.29) is 0 Å². The average Bonchev–Trinajstić information content (AvgIpc) is 2.31. The van der Waals surface area contributed by atoms with Crippen molar-refractivity contribution in [1.82, 2.24) is 0 Å². The Morgan fingerprint density at radius 2 is 1.63 bits per heavy atom. The summed E-state index contributed by atoms with van der Waals surface area (Å²) >= 11 is 11.5. The lowest BCUT2D eigenvalue weighted by Gasteiger charge is -2.08. The van der Waals surface area contributed by atoms with Crippen LogP contribution in [0.3, 0.4) is 0 Å². The number of hydrogen-bond donors (Lipinski definition) is 0. The number of halogens is 2. The van der Waals surface area contributed by atoms with Gasteiger partial charge in [-0.25, -0.2) is 0 Å². The summed E-state index contributed by atoms with van der Waals surface area (Å²) in [5.41, 5.74) is 3.44. The summed E-state index contributed by atoms with van der Waals surface area (Å²) in [6, 6.07) is 6.15. The molecule has 0 radical (unpaired) electrons. The molecule has 0 fully saturated rings. The van der Waals surface area contributed by atoms with Gasteiger partial charge in [0.2, 0.25) is 0 Å². The van der Waals surface area contributed by atoms with E-state index in [2.05, 4.69) is 40.0 Å². The lowest BCUT2D eigenvalue weighted by atomic mass is 10.0. The molecule has 1 aromatic rings. The van der Waals surface area contributed by atoms with Gasteiger partial charge in [-0.15, -0.1) is 0 Å². The van der Waals surface area contributed by atoms with E-state index in [1.54, 1.807) is 0 Å². The van der Waals surface area contributed by atoms with Crippen molar-refractivity contribution in [2.24, 2.45) is 5.92 Å². The van der Waals surface area contributed by atoms with Crippen LogP contribution in [0, 0.1) is 12.8 Å². The number of aryl methyl sites for hydroxylation is 1. The summed E-state index contributed by atoms with van der Waals surface area (Å²) in [6.07, 6.45) is 0. The van der Waals surface area contributed by atoms with Crippen molar-refractivity contribution >= 4 is 23.2 Å². The van der Waals surface area contributed by atoms with Crippen molar-refractivity contribution in [3.8, 4) is 0 Å². The number of rotatable bonds is 3. The molecule has 0 saturated carbocycles. The molecule has 0 atom stereocenters. The van der Waals surface area contributed by atoms with E-state index in [4.69, 9.17) is 23.2 Å². The Bertz CT molecular complexity index is 443. The van der Waals surface area contributed by atoms with Gasteiger partial charge in [-0.3, -0.25) is 0 Å². The molecule has 0 aliphatic heterocycles. The largest absolute Gasteiger partial charge is 0.0941 e. The molecule has 0 aliphatic rings. The molecule has 2 heteroatoms. The fourth-order valence-corrected chi connectivity index (χ4v) is 1.97. The van der Waals surface area contributed by atoms with Crippen molar-refractivity contribution in [1.29, 1.82) is 0 Å². The Labute approximate surface area is 128 Å². The van der Waals surface area contributed by atoms with E-state index >= 15 is 0 Å². The standard InChI is InChI=1S/C10H13Cl.C7H11Cl/c1-7(2)9-6-8(3)4-5-10(9)11;1-5(2)6(3)7(4)8/h4-7H,1-3H3;5H,3-4H2,1-2H3. The van der Waals surface area contributed by atoms with E-state index < -0.39 is 0 Å². The highest BCUT2D eigenvalue weighted by Gasteiger charge is 2.03. The minimum atomic E-state index is 0.417. The van der Waals surface area contributed by atoms with E-state index in [0.717, 1.165) is 10.6 Å². The summed E-state index contributed by atoms with van der Waals surface area (Å²) in [6.45, 7) is 17.7. The van der Waals surface area contributed by atoms with Crippen LogP contribution in [-0.2, 0) is 0 Å². The molecular weight excluding hydrogens is 275 g/mol. The maximum atomic E-state index is 5.99. The third kappa shape index (κ3) is 6.84. The molecule has 0 nitrogen and oxygen atoms in total. The average molecular weight is 299 g/mol. The van der Waals surface area contributed by atoms with Gasteiger partial charge in [-0.2, -0.15) is 0 Å². The van der Waals surface area contributed by atoms with Gasteiger partial charge in [0.1, 0.15) is 0 Å². The minimum Gasteiger partial charge on any atom is -0.0941 e. The summed E-state index contributed by atoms with van der Waals surface area (Å²) < 4.78 is 0. The van der Waals surface area contributed by atoms with Gasteiger partial charge in [0.15, 0.2) is 0 Å². The molecule has 0 heterocycles. The molecule has 0 amide bonds. The Morgan fingerprint density at radius 1 is 1.11 bits per heavy atom. The SMILES string of the molecule is C=C(Cl)C(=C)C(C)C.Cc1ccc(Cl)c(C(C)C)c1. The first-order valence-corrected chi connectivity index (χ1v) is 7.22. The maximum absolute atomic E-state index is 5.99. The Morgan fingerprint density at radius 3 is 1.89 bits per heavy atom. The third-order valence-corrected chi connectivity index (χ3v) is 3.41. The van der Waals surface area contributed by atoms with Crippen molar-refractivity contribution in [2.45, 2.75) is 40.5 Å². The Hall–Kier alpha value is -0.720. The molecule has 19 heavy (non-hydrogen) atoms. The molecule has 1 rings (SSSR count). The van der Waals surface area contributed by atoms with Gasteiger partial charge < -0.3 is 0 Å². The van der Waals surface area contributed by atoms with Crippen molar-refractivity contribution < 1.29 is 0 Å². The van der Waals surface area contributed by atoms with Crippen LogP contribution in [0.2, 0.25) is 5.02 Å². The van der Waals surface area contributed by atoms with E-state index in [9.17, 15) is 0 Å². The second-order valence-electron chi connectivity index (χ2n) is 5.26. The topological polar surface area (TPSA) is 0 Å². The maximum Gasteiger partial charge on any atom is 0.0440 e. The lowest BCUT2D eigenvalue weighted by molar-refractivity contribution is 0.792. The van der Waals surface area contributed by atoms with Crippen LogP contribution in [0.25, 0.3) is 0 Å². The number of hydrogen-bond acceptors (Lipinski definition) is 0. The molecule has 0 aromatic heterocycles. The van der Waals surface area contributed by atoms with Crippen LogP contribution in [0.4, 0.5) is 0 Å². The van der Waals surface area contributed by atoms with E-state index in [0.29, 0.717) is 16.9 Å². The van der Waals surface area contributed by atoms with Gasteiger partial charge in [-0.05, 0) is 36.0 Å². The normalized spacial score (nSPS) is 10.2. The second kappa shape index (κ2) is 8.45. The Balaban J connectivity index is 0.000000362. The number of allylic oxidation sites excluding steroid dienone is 2. The predicted molar refractivity (Wildman–Crippen MR) is 89.2 cm³/mol. The molecule has 0 unspecified atom stereocenters. The second-order valence-corrected chi connectivity index (χ2v) is 6.13. The fourth-order valence-electron chi connectivity index (χ4n) is 1.42. The van der Waals surface area contributed by atoms with Crippen molar-refractivity contribution in [3.05, 3.63) is 58.1 Å². The molecule has 0 bridgehead atoms. The minimum absolute atomic E-state index is 0.417. The summed E-state index contributed by atoms with van der Waals surface area (Å²) in [7, 11) is 0. The van der Waals surface area contributed by atoms with Crippen LogP contribution in [0.15, 0.2) is 42.0 Å². The smallest absolute Gasteiger partial charge is 0.0440 e. The van der Waals surface area contributed by atoms with Crippen LogP contribution >= 0.6 is 23.2 Å². The van der Waals surface area contributed by atoms with Crippen LogP contribution in [0.1, 0.15) is 44.7 Å². The molecule has 1 aromatic carbocycles. The predicted octanol–water partition coefficient (Wildman–Crippen LogP) is 6.72. The molecule has 106 valence electrons. The monoisotopic (exact) mass is 298 g/mol. The highest BCUT2D eigenvalue weighted by molar-refractivity contribution is 6.31. The first-order valence-electron chi connectivity index (χ1n) is 6.46. The van der Waals surface area contributed by atoms with Crippen LogP contribution in [-0.4, -0.2) is 0 Å². The third-order valence-electron chi connectivity index (χ3n) is 2.82. The molecular formula is C17H24Cl2. The number of benzene rings is 1. The Kier molecular flexibility index (Phi) is 8.13. The van der Waals surface area contributed by atoms with Gasteiger partial charge in [0, 0.05) is 10.1 Å². The quantitative estimate of drug-likeness (QED) is 0.543. The van der Waals surface area contributed by atoms with E-state index in [1.165, 1.54) is 11.1 Å². The zero-order valence-electron chi connectivity index (χ0n) is 12.6. The first kappa shape index (κ1) is 18.3. The first-order chi connectivity index (χ1) is 8.66. The van der Waals surface area contributed by atoms with Gasteiger partial charge in [-0.1, -0.05) is 81.8 Å². The zero-order chi connectivity index (χ0) is 15.2. The van der Waals surface area contributed by atoms with Gasteiger partial charge in [0.25, 0.3) is 0 Å². The van der Waals surface area contributed by atoms with Crippen molar-refractivity contribution in [3.63, 3.8) is 0 Å². The summed E-state index contributed by atoms with van der Waals surface area (Å²) in [5, 5.41) is 1.45. The highest BCUT2D eigenvalue weighted by Crippen LogP contribution is 2.24. The van der Waals surface area contributed by atoms with E-state index in [1.807, 2.05) is 26.0 Å². The van der Waals surface area contributed by atoms with Crippen molar-refractivity contribution in [2.75, 3.05) is 0 Å². The summed E-state index contributed by atoms with van der Waals surface area (Å²) in [4.78, 5) is 0. The summed E-state index contributed by atoms with van der Waals surface area (Å²) in [5.74, 6) is 0.933. The van der Waals surface area contributed by atoms with Gasteiger partial charge >= 0.3 is 0 Å². The highest BCUT2D eigenvalue weighted by atomic mass is 35.5. The molecule has 0 saturated heterocycles. The van der Waals surface area contributed by atoms with Gasteiger partial charge in [0.05, 0.1) is 0 Å². The van der Waals surface area contributed by atoms with Crippen LogP contribution < -0.4 is 0 Å². The molecule has 0 aliphatic carbocycles. The molecule has 0 spiro atoms.